The van der Waals surface area contributed by atoms with E-state index in [4.69, 9.17) is 4.74 Å². The summed E-state index contributed by atoms with van der Waals surface area (Å²) in [6.45, 7) is 3.20. The van der Waals surface area contributed by atoms with Gasteiger partial charge in [0, 0.05) is 31.6 Å². The standard InChI is InChI=1S/C18H26N2O2/c21-18(13-16-14-22-12-10-19-16)20-11-4-7-17(20)9-8-15-5-2-1-3-6-15/h1-3,5-6,16-17,19H,4,7-14H2. The van der Waals surface area contributed by atoms with Crippen molar-refractivity contribution < 1.29 is 9.53 Å². The number of hydrogen-bond donors (Lipinski definition) is 1. The lowest BCUT2D eigenvalue weighted by Crippen LogP contribution is -2.46. The number of nitrogens with zero attached hydrogens (tertiary/aromatic N) is 1. The Morgan fingerprint density at radius 1 is 1.32 bits per heavy atom. The van der Waals surface area contributed by atoms with Gasteiger partial charge in [0.15, 0.2) is 0 Å². The normalized spacial score (nSPS) is 25.4. The SMILES string of the molecule is O=C(CC1COCCN1)N1CCCC1CCc1ccccc1. The minimum Gasteiger partial charge on any atom is -0.378 e. The molecule has 2 aliphatic rings. The van der Waals surface area contributed by atoms with Gasteiger partial charge in [0.05, 0.1) is 13.2 Å². The number of aryl methyl sites for hydroxylation is 1. The number of nitrogens with one attached hydrogen (secondary N) is 1. The molecule has 1 amide bonds. The van der Waals surface area contributed by atoms with Crippen molar-refractivity contribution in [2.75, 3.05) is 26.3 Å². The molecule has 0 spiro atoms. The molecule has 0 aromatic heterocycles. The maximum Gasteiger partial charge on any atom is 0.224 e. The van der Waals surface area contributed by atoms with E-state index < -0.39 is 0 Å². The molecule has 2 unspecified atom stereocenters. The zero-order valence-corrected chi connectivity index (χ0v) is 13.2. The van der Waals surface area contributed by atoms with E-state index in [0.29, 0.717) is 25.0 Å². The van der Waals surface area contributed by atoms with E-state index in [1.165, 1.54) is 5.56 Å². The highest BCUT2D eigenvalue weighted by Gasteiger charge is 2.30. The second-order valence-electron chi connectivity index (χ2n) is 6.34. The molecule has 3 rings (SSSR count). The molecule has 0 aliphatic carbocycles. The van der Waals surface area contributed by atoms with Gasteiger partial charge >= 0.3 is 0 Å². The van der Waals surface area contributed by atoms with E-state index in [2.05, 4.69) is 34.5 Å². The van der Waals surface area contributed by atoms with Crippen LogP contribution in [-0.4, -0.2) is 49.2 Å². The van der Waals surface area contributed by atoms with Gasteiger partial charge in [-0.2, -0.15) is 0 Å². The summed E-state index contributed by atoms with van der Waals surface area (Å²) in [6.07, 6.45) is 4.99. The highest BCUT2D eigenvalue weighted by atomic mass is 16.5. The van der Waals surface area contributed by atoms with Gasteiger partial charge < -0.3 is 15.0 Å². The first-order valence-electron chi connectivity index (χ1n) is 8.47. The number of morpholine rings is 1. The van der Waals surface area contributed by atoms with Crippen LogP contribution in [-0.2, 0) is 16.0 Å². The molecular formula is C18H26N2O2. The van der Waals surface area contributed by atoms with Crippen LogP contribution < -0.4 is 5.32 Å². The monoisotopic (exact) mass is 302 g/mol. The molecular weight excluding hydrogens is 276 g/mol. The zero-order chi connectivity index (χ0) is 15.2. The molecule has 120 valence electrons. The molecule has 4 nitrogen and oxygen atoms in total. The van der Waals surface area contributed by atoms with Crippen molar-refractivity contribution in [3.05, 3.63) is 35.9 Å². The van der Waals surface area contributed by atoms with Gasteiger partial charge in [-0.05, 0) is 31.2 Å². The van der Waals surface area contributed by atoms with Crippen LogP contribution in [0.1, 0.15) is 31.2 Å². The largest absolute Gasteiger partial charge is 0.378 e. The molecule has 2 aliphatic heterocycles. The fourth-order valence-corrected chi connectivity index (χ4v) is 3.52. The van der Waals surface area contributed by atoms with Crippen LogP contribution in [0.3, 0.4) is 0 Å². The summed E-state index contributed by atoms with van der Waals surface area (Å²) in [5.74, 6) is 0.290. The number of amides is 1. The predicted octanol–water partition coefficient (Wildman–Crippen LogP) is 1.99. The van der Waals surface area contributed by atoms with E-state index in [1.54, 1.807) is 0 Å². The first-order chi connectivity index (χ1) is 10.8. The summed E-state index contributed by atoms with van der Waals surface area (Å²) in [6, 6.07) is 11.2. The third kappa shape index (κ3) is 4.08. The Labute approximate surface area is 132 Å². The minimum atomic E-state index is 0.191. The van der Waals surface area contributed by atoms with Crippen molar-refractivity contribution in [1.29, 1.82) is 0 Å². The van der Waals surface area contributed by atoms with Crippen molar-refractivity contribution in [3.8, 4) is 0 Å². The van der Waals surface area contributed by atoms with Crippen molar-refractivity contribution in [2.24, 2.45) is 0 Å². The lowest BCUT2D eigenvalue weighted by atomic mass is 10.0. The Kier molecular flexibility index (Phi) is 5.46. The molecule has 4 heteroatoms. The van der Waals surface area contributed by atoms with E-state index in [1.807, 2.05) is 6.07 Å². The average molecular weight is 302 g/mol. The number of ether oxygens (including phenoxy) is 1. The number of likely N-dealkylation sites (tertiary alicyclic amines) is 1. The van der Waals surface area contributed by atoms with Gasteiger partial charge in [-0.1, -0.05) is 30.3 Å². The number of carbonyl (C=O) groups is 1. The molecule has 2 fully saturated rings. The van der Waals surface area contributed by atoms with Crippen LogP contribution in [0.2, 0.25) is 0 Å². The summed E-state index contributed by atoms with van der Waals surface area (Å²) < 4.78 is 5.44. The number of carbonyl (C=O) groups excluding carboxylic acids is 1. The van der Waals surface area contributed by atoms with Crippen LogP contribution in [0.15, 0.2) is 30.3 Å². The topological polar surface area (TPSA) is 41.6 Å². The lowest BCUT2D eigenvalue weighted by Gasteiger charge is -2.29. The predicted molar refractivity (Wildman–Crippen MR) is 86.7 cm³/mol. The van der Waals surface area contributed by atoms with Crippen molar-refractivity contribution in [2.45, 2.75) is 44.2 Å². The van der Waals surface area contributed by atoms with Gasteiger partial charge in [0.25, 0.3) is 0 Å². The van der Waals surface area contributed by atoms with Crippen LogP contribution in [0.25, 0.3) is 0 Å². The van der Waals surface area contributed by atoms with E-state index >= 15 is 0 Å². The van der Waals surface area contributed by atoms with E-state index in [0.717, 1.165) is 45.4 Å². The maximum atomic E-state index is 12.6. The van der Waals surface area contributed by atoms with E-state index in [9.17, 15) is 4.79 Å². The summed E-state index contributed by atoms with van der Waals surface area (Å²) in [7, 11) is 0. The molecule has 1 aromatic carbocycles. The number of benzene rings is 1. The highest BCUT2D eigenvalue weighted by molar-refractivity contribution is 5.77. The molecule has 0 saturated carbocycles. The molecule has 1 N–H and O–H groups in total. The van der Waals surface area contributed by atoms with E-state index in [-0.39, 0.29) is 6.04 Å². The number of hydrogen-bond acceptors (Lipinski definition) is 3. The van der Waals surface area contributed by atoms with Gasteiger partial charge in [0.1, 0.15) is 0 Å². The summed E-state index contributed by atoms with van der Waals surface area (Å²) in [4.78, 5) is 14.7. The summed E-state index contributed by atoms with van der Waals surface area (Å²) in [5.41, 5.74) is 1.36. The van der Waals surface area contributed by atoms with Crippen LogP contribution in [0.4, 0.5) is 0 Å². The molecule has 2 atom stereocenters. The van der Waals surface area contributed by atoms with Gasteiger partial charge in [-0.3, -0.25) is 4.79 Å². The van der Waals surface area contributed by atoms with Gasteiger partial charge in [-0.15, -0.1) is 0 Å². The van der Waals surface area contributed by atoms with Crippen molar-refractivity contribution >= 4 is 5.91 Å². The molecule has 2 heterocycles. The third-order valence-corrected chi connectivity index (χ3v) is 4.73. The first kappa shape index (κ1) is 15.5. The summed E-state index contributed by atoms with van der Waals surface area (Å²) in [5, 5.41) is 3.37. The molecule has 0 bridgehead atoms. The first-order valence-corrected chi connectivity index (χ1v) is 8.47. The molecule has 22 heavy (non-hydrogen) atoms. The lowest BCUT2D eigenvalue weighted by molar-refractivity contribution is -0.133. The average Bonchev–Trinajstić information content (AvgIpc) is 3.03. The Morgan fingerprint density at radius 2 is 2.18 bits per heavy atom. The Balaban J connectivity index is 1.50. The van der Waals surface area contributed by atoms with Crippen molar-refractivity contribution in [1.82, 2.24) is 10.2 Å². The fraction of sp³-hybridized carbons (Fsp3) is 0.611. The minimum absolute atomic E-state index is 0.191. The Hall–Kier alpha value is -1.39. The molecule has 2 saturated heterocycles. The third-order valence-electron chi connectivity index (χ3n) is 4.73. The molecule has 0 radical (unpaired) electrons. The second kappa shape index (κ2) is 7.75. The maximum absolute atomic E-state index is 12.6. The quantitative estimate of drug-likeness (QED) is 0.904. The smallest absolute Gasteiger partial charge is 0.224 e. The zero-order valence-electron chi connectivity index (χ0n) is 13.2. The fourth-order valence-electron chi connectivity index (χ4n) is 3.52. The van der Waals surface area contributed by atoms with Gasteiger partial charge in [-0.25, -0.2) is 0 Å². The van der Waals surface area contributed by atoms with Crippen LogP contribution >= 0.6 is 0 Å². The Morgan fingerprint density at radius 3 is 2.95 bits per heavy atom. The van der Waals surface area contributed by atoms with Crippen LogP contribution in [0, 0.1) is 0 Å². The molecule has 1 aromatic rings. The second-order valence-corrected chi connectivity index (χ2v) is 6.34. The van der Waals surface area contributed by atoms with Crippen molar-refractivity contribution in [3.63, 3.8) is 0 Å². The summed E-state index contributed by atoms with van der Waals surface area (Å²) >= 11 is 0. The highest BCUT2D eigenvalue weighted by Crippen LogP contribution is 2.23. The van der Waals surface area contributed by atoms with Gasteiger partial charge in [0.2, 0.25) is 5.91 Å². The number of rotatable bonds is 5. The Bertz CT molecular complexity index is 471. The van der Waals surface area contributed by atoms with Crippen LogP contribution in [0.5, 0.6) is 0 Å².